The molecule has 1 saturated heterocycles. The Morgan fingerprint density at radius 3 is 2.57 bits per heavy atom. The van der Waals surface area contributed by atoms with E-state index in [4.69, 9.17) is 4.74 Å². The molecule has 0 bridgehead atoms. The molecule has 0 aliphatic carbocycles. The zero-order valence-corrected chi connectivity index (χ0v) is 17.8. The fourth-order valence-corrected chi connectivity index (χ4v) is 4.15. The monoisotopic (exact) mass is 424 g/mol. The Kier molecular flexibility index (Phi) is 6.78. The number of aromatic nitrogens is 3. The summed E-state index contributed by atoms with van der Waals surface area (Å²) in [6.45, 7) is 4.75. The maximum Gasteiger partial charge on any atom is 0.234 e. The van der Waals surface area contributed by atoms with Crippen molar-refractivity contribution in [3.8, 4) is 11.4 Å². The van der Waals surface area contributed by atoms with E-state index in [1.807, 2.05) is 54.1 Å². The van der Waals surface area contributed by atoms with Gasteiger partial charge in [0.15, 0.2) is 11.0 Å². The van der Waals surface area contributed by atoms with Gasteiger partial charge in [0.25, 0.3) is 0 Å². The van der Waals surface area contributed by atoms with Gasteiger partial charge >= 0.3 is 0 Å². The molecule has 1 aliphatic rings. The first kappa shape index (κ1) is 20.6. The Bertz CT molecular complexity index is 969. The Labute approximate surface area is 180 Å². The minimum atomic E-state index is -0.0594. The van der Waals surface area contributed by atoms with Crippen LogP contribution in [0.4, 0.5) is 5.69 Å². The van der Waals surface area contributed by atoms with E-state index in [2.05, 4.69) is 27.6 Å². The van der Waals surface area contributed by atoms with Crippen molar-refractivity contribution < 1.29 is 14.4 Å². The molecule has 1 amide bonds. The van der Waals surface area contributed by atoms with Gasteiger partial charge in [-0.15, -0.1) is 10.2 Å². The lowest BCUT2D eigenvalue weighted by Crippen LogP contribution is -3.12. The minimum Gasteiger partial charge on any atom is -0.370 e. The lowest BCUT2D eigenvalue weighted by Gasteiger charge is -2.23. The van der Waals surface area contributed by atoms with Crippen LogP contribution in [0.25, 0.3) is 11.4 Å². The Morgan fingerprint density at radius 2 is 1.83 bits per heavy atom. The molecule has 3 aromatic rings. The number of nitrogens with zero attached hydrogens (tertiary/aromatic N) is 3. The van der Waals surface area contributed by atoms with E-state index in [0.717, 1.165) is 49.9 Å². The molecule has 0 unspecified atom stereocenters. The second-order valence-corrected chi connectivity index (χ2v) is 8.25. The number of morpholine rings is 1. The first-order valence-electron chi connectivity index (χ1n) is 10.1. The number of thioether (sulfide) groups is 1. The molecule has 2 aromatic carbocycles. The maximum absolute atomic E-state index is 12.4. The highest BCUT2D eigenvalue weighted by Gasteiger charge is 2.15. The molecule has 7 nitrogen and oxygen atoms in total. The first-order valence-corrected chi connectivity index (χ1v) is 11.1. The van der Waals surface area contributed by atoms with Crippen LogP contribution in [-0.2, 0) is 23.1 Å². The van der Waals surface area contributed by atoms with Crippen LogP contribution < -0.4 is 10.2 Å². The molecule has 2 N–H and O–H groups in total. The molecule has 1 aromatic heterocycles. The second-order valence-electron chi connectivity index (χ2n) is 7.30. The average molecular weight is 425 g/mol. The van der Waals surface area contributed by atoms with E-state index in [1.54, 1.807) is 0 Å². The van der Waals surface area contributed by atoms with Crippen molar-refractivity contribution in [1.29, 1.82) is 0 Å². The van der Waals surface area contributed by atoms with Gasteiger partial charge in [-0.1, -0.05) is 54.2 Å². The van der Waals surface area contributed by atoms with Crippen molar-refractivity contribution in [2.75, 3.05) is 37.4 Å². The highest BCUT2D eigenvalue weighted by molar-refractivity contribution is 7.99. The van der Waals surface area contributed by atoms with Crippen molar-refractivity contribution in [2.24, 2.45) is 7.05 Å². The van der Waals surface area contributed by atoms with Gasteiger partial charge < -0.3 is 19.5 Å². The number of rotatable bonds is 7. The first-order chi connectivity index (χ1) is 14.7. The van der Waals surface area contributed by atoms with Gasteiger partial charge in [0.1, 0.15) is 19.6 Å². The fraction of sp³-hybridized carbons (Fsp3) is 0.318. The van der Waals surface area contributed by atoms with Crippen molar-refractivity contribution in [2.45, 2.75) is 11.7 Å². The number of ether oxygens (including phenoxy) is 1. The summed E-state index contributed by atoms with van der Waals surface area (Å²) in [4.78, 5) is 13.9. The molecule has 156 valence electrons. The highest BCUT2D eigenvalue weighted by atomic mass is 32.2. The van der Waals surface area contributed by atoms with Gasteiger partial charge in [-0.3, -0.25) is 4.79 Å². The largest absolute Gasteiger partial charge is 0.370 e. The number of benzene rings is 2. The summed E-state index contributed by atoms with van der Waals surface area (Å²) in [5, 5.41) is 12.2. The summed E-state index contributed by atoms with van der Waals surface area (Å²) in [6, 6.07) is 18.0. The molecule has 0 radical (unpaired) electrons. The predicted octanol–water partition coefficient (Wildman–Crippen LogP) is 1.63. The van der Waals surface area contributed by atoms with Crippen LogP contribution >= 0.6 is 11.8 Å². The predicted molar refractivity (Wildman–Crippen MR) is 117 cm³/mol. The minimum absolute atomic E-state index is 0.0594. The molecule has 8 heteroatoms. The Hall–Kier alpha value is -2.68. The average Bonchev–Trinajstić information content (AvgIpc) is 3.15. The summed E-state index contributed by atoms with van der Waals surface area (Å²) in [5.74, 6) is 1.01. The quantitative estimate of drug-likeness (QED) is 0.564. The van der Waals surface area contributed by atoms with Crippen LogP contribution in [0.2, 0.25) is 0 Å². The number of anilines is 1. The second kappa shape index (κ2) is 9.88. The van der Waals surface area contributed by atoms with Gasteiger partial charge in [0.05, 0.1) is 19.0 Å². The van der Waals surface area contributed by atoms with Crippen LogP contribution in [0, 0.1) is 0 Å². The van der Waals surface area contributed by atoms with E-state index in [-0.39, 0.29) is 11.7 Å². The van der Waals surface area contributed by atoms with Crippen molar-refractivity contribution >= 4 is 23.4 Å². The third-order valence-electron chi connectivity index (χ3n) is 5.09. The molecule has 0 saturated carbocycles. The van der Waals surface area contributed by atoms with E-state index >= 15 is 0 Å². The van der Waals surface area contributed by atoms with Gasteiger partial charge in [-0.25, -0.2) is 0 Å². The summed E-state index contributed by atoms with van der Waals surface area (Å²) < 4.78 is 7.32. The molecular formula is C22H26N5O2S+. The molecule has 0 atom stereocenters. The van der Waals surface area contributed by atoms with Crippen molar-refractivity contribution in [3.05, 3.63) is 60.2 Å². The molecule has 30 heavy (non-hydrogen) atoms. The summed E-state index contributed by atoms with van der Waals surface area (Å²) >= 11 is 1.38. The van der Waals surface area contributed by atoms with Crippen molar-refractivity contribution in [1.82, 2.24) is 14.8 Å². The standard InChI is InChI=1S/C22H25N5O2S/c1-26-21(18-5-3-2-4-6-18)24-25-22(26)30-16-20(28)23-19-9-7-17(8-10-19)15-27-11-13-29-14-12-27/h2-10H,11-16H2,1H3,(H,23,28)/p+1. The Balaban J connectivity index is 1.28. The third-order valence-corrected chi connectivity index (χ3v) is 6.11. The number of hydrogen-bond acceptors (Lipinski definition) is 5. The summed E-state index contributed by atoms with van der Waals surface area (Å²) in [6.07, 6.45) is 0. The van der Waals surface area contributed by atoms with Crippen LogP contribution in [0.1, 0.15) is 5.56 Å². The highest BCUT2D eigenvalue weighted by Crippen LogP contribution is 2.22. The van der Waals surface area contributed by atoms with Gasteiger partial charge in [0, 0.05) is 23.9 Å². The molecule has 1 fully saturated rings. The smallest absolute Gasteiger partial charge is 0.234 e. The SMILES string of the molecule is Cn1c(SCC(=O)Nc2ccc(C[NH+]3CCOCC3)cc2)nnc1-c1ccccc1. The summed E-state index contributed by atoms with van der Waals surface area (Å²) in [5.41, 5.74) is 3.08. The van der Waals surface area contributed by atoms with Crippen LogP contribution in [0.5, 0.6) is 0 Å². The number of amides is 1. The topological polar surface area (TPSA) is 73.5 Å². The number of carbonyl (C=O) groups excluding carboxylic acids is 1. The number of hydrogen-bond donors (Lipinski definition) is 2. The Morgan fingerprint density at radius 1 is 1.10 bits per heavy atom. The third kappa shape index (κ3) is 5.27. The van der Waals surface area contributed by atoms with Crippen molar-refractivity contribution in [3.63, 3.8) is 0 Å². The van der Waals surface area contributed by atoms with E-state index in [1.165, 1.54) is 22.2 Å². The normalized spacial score (nSPS) is 14.6. The molecule has 1 aliphatic heterocycles. The van der Waals surface area contributed by atoms with E-state index in [9.17, 15) is 4.79 Å². The fourth-order valence-electron chi connectivity index (χ4n) is 3.44. The molecule has 0 spiro atoms. The van der Waals surface area contributed by atoms with Gasteiger partial charge in [-0.05, 0) is 12.1 Å². The van der Waals surface area contributed by atoms with Crippen LogP contribution in [-0.4, -0.2) is 52.7 Å². The lowest BCUT2D eigenvalue weighted by atomic mass is 10.2. The molecule has 2 heterocycles. The van der Waals surface area contributed by atoms with Crippen LogP contribution in [0.3, 0.4) is 0 Å². The van der Waals surface area contributed by atoms with Gasteiger partial charge in [0.2, 0.25) is 5.91 Å². The van der Waals surface area contributed by atoms with E-state index < -0.39 is 0 Å². The van der Waals surface area contributed by atoms with Crippen LogP contribution in [0.15, 0.2) is 59.8 Å². The zero-order valence-electron chi connectivity index (χ0n) is 17.0. The number of quaternary nitrogens is 1. The lowest BCUT2D eigenvalue weighted by molar-refractivity contribution is -0.921. The molecular weight excluding hydrogens is 398 g/mol. The van der Waals surface area contributed by atoms with Gasteiger partial charge in [-0.2, -0.15) is 0 Å². The maximum atomic E-state index is 12.4. The number of nitrogens with one attached hydrogen (secondary N) is 2. The zero-order chi connectivity index (χ0) is 20.8. The molecule has 4 rings (SSSR count). The van der Waals surface area contributed by atoms with E-state index in [0.29, 0.717) is 5.16 Å². The number of carbonyl (C=O) groups is 1. The summed E-state index contributed by atoms with van der Waals surface area (Å²) in [7, 11) is 1.91.